The molecule has 1 saturated carbocycles. The largest absolute Gasteiger partial charge is 0.353 e. The van der Waals surface area contributed by atoms with Crippen molar-refractivity contribution in [2.45, 2.75) is 36.4 Å². The van der Waals surface area contributed by atoms with Crippen molar-refractivity contribution in [1.29, 1.82) is 0 Å². The van der Waals surface area contributed by atoms with Gasteiger partial charge in [-0.15, -0.1) is 10.2 Å². The molecule has 1 N–H and O–H groups in total. The number of nitrogens with zero attached hydrogens (tertiary/aromatic N) is 3. The zero-order valence-electron chi connectivity index (χ0n) is 11.8. The van der Waals surface area contributed by atoms with Crippen molar-refractivity contribution in [1.82, 2.24) is 20.1 Å². The second-order valence-corrected chi connectivity index (χ2v) is 8.80. The highest BCUT2D eigenvalue weighted by Gasteiger charge is 2.32. The number of rotatable bonds is 5. The average molecular weight is 330 g/mol. The molecule has 2 fully saturated rings. The van der Waals surface area contributed by atoms with Crippen LogP contribution in [-0.4, -0.2) is 52.4 Å². The van der Waals surface area contributed by atoms with Crippen LogP contribution in [-0.2, 0) is 21.7 Å². The minimum absolute atomic E-state index is 0.00972. The van der Waals surface area contributed by atoms with E-state index in [9.17, 15) is 13.2 Å². The number of thioether (sulfide) groups is 1. The van der Waals surface area contributed by atoms with Crippen LogP contribution in [0.2, 0.25) is 0 Å². The summed E-state index contributed by atoms with van der Waals surface area (Å²) >= 11 is 1.33. The van der Waals surface area contributed by atoms with E-state index in [1.54, 1.807) is 4.57 Å². The molecule has 0 radical (unpaired) electrons. The van der Waals surface area contributed by atoms with E-state index >= 15 is 0 Å². The molecule has 0 spiro atoms. The predicted octanol–water partition coefficient (Wildman–Crippen LogP) is 0.0879. The quantitative estimate of drug-likeness (QED) is 0.769. The van der Waals surface area contributed by atoms with Crippen molar-refractivity contribution in [2.75, 3.05) is 17.3 Å². The van der Waals surface area contributed by atoms with E-state index in [4.69, 9.17) is 0 Å². The van der Waals surface area contributed by atoms with E-state index in [1.165, 1.54) is 11.8 Å². The molecule has 0 aromatic carbocycles. The second kappa shape index (κ2) is 5.60. The maximum absolute atomic E-state index is 11.7. The van der Waals surface area contributed by atoms with Gasteiger partial charge in [-0.1, -0.05) is 11.8 Å². The van der Waals surface area contributed by atoms with Crippen LogP contribution < -0.4 is 5.32 Å². The van der Waals surface area contributed by atoms with Crippen LogP contribution in [0.25, 0.3) is 0 Å². The van der Waals surface area contributed by atoms with E-state index in [2.05, 4.69) is 15.5 Å². The Hall–Kier alpha value is -1.09. The minimum Gasteiger partial charge on any atom is -0.353 e. The van der Waals surface area contributed by atoms with Crippen LogP contribution >= 0.6 is 11.8 Å². The Balaban J connectivity index is 1.61. The zero-order chi connectivity index (χ0) is 15.0. The molecule has 1 amide bonds. The zero-order valence-corrected chi connectivity index (χ0v) is 13.4. The SMILES string of the molecule is Cn1c(SCC(=O)NC2CC2)nnc1[C@@H]1CCS(=O)(=O)C1. The fourth-order valence-electron chi connectivity index (χ4n) is 2.43. The fourth-order valence-corrected chi connectivity index (χ4v) is 4.90. The van der Waals surface area contributed by atoms with Crippen LogP contribution in [0, 0.1) is 0 Å². The molecular weight excluding hydrogens is 312 g/mol. The van der Waals surface area contributed by atoms with Crippen molar-refractivity contribution < 1.29 is 13.2 Å². The Morgan fingerprint density at radius 1 is 1.38 bits per heavy atom. The molecule has 3 rings (SSSR count). The molecule has 2 heterocycles. The van der Waals surface area contributed by atoms with Crippen molar-refractivity contribution in [3.8, 4) is 0 Å². The van der Waals surface area contributed by atoms with Crippen LogP contribution in [0.15, 0.2) is 5.16 Å². The van der Waals surface area contributed by atoms with Crippen LogP contribution in [0.3, 0.4) is 0 Å². The standard InChI is InChI=1S/C12H18N4O3S2/c1-16-11(8-4-5-21(18,19)7-8)14-15-12(16)20-6-10(17)13-9-2-3-9/h8-9H,2-7H2,1H3,(H,13,17)/t8-/m1/s1. The fraction of sp³-hybridized carbons (Fsp3) is 0.750. The van der Waals surface area contributed by atoms with E-state index in [0.717, 1.165) is 12.8 Å². The summed E-state index contributed by atoms with van der Waals surface area (Å²) in [7, 11) is -1.11. The van der Waals surface area contributed by atoms with Crippen molar-refractivity contribution in [3.63, 3.8) is 0 Å². The molecule has 0 unspecified atom stereocenters. The van der Waals surface area contributed by atoms with Crippen LogP contribution in [0.5, 0.6) is 0 Å². The van der Waals surface area contributed by atoms with E-state index < -0.39 is 9.84 Å². The third kappa shape index (κ3) is 3.57. The molecule has 1 aliphatic heterocycles. The van der Waals surface area contributed by atoms with Gasteiger partial charge in [-0.3, -0.25) is 4.79 Å². The normalized spacial score (nSPS) is 24.1. The molecule has 0 bridgehead atoms. The maximum Gasteiger partial charge on any atom is 0.230 e. The Morgan fingerprint density at radius 3 is 2.76 bits per heavy atom. The number of aromatic nitrogens is 3. The first-order valence-electron chi connectivity index (χ1n) is 6.96. The lowest BCUT2D eigenvalue weighted by molar-refractivity contribution is -0.118. The number of nitrogens with one attached hydrogen (secondary N) is 1. The molecule has 9 heteroatoms. The number of sulfone groups is 1. The molecule has 7 nitrogen and oxygen atoms in total. The molecule has 1 aromatic rings. The average Bonchev–Trinajstić information content (AvgIpc) is 3.04. The topological polar surface area (TPSA) is 93.9 Å². The lowest BCUT2D eigenvalue weighted by atomic mass is 10.1. The summed E-state index contributed by atoms with van der Waals surface area (Å²) < 4.78 is 24.9. The summed E-state index contributed by atoms with van der Waals surface area (Å²) in [5.74, 6) is 1.30. The third-order valence-corrected chi connectivity index (χ3v) is 6.53. The van der Waals surface area contributed by atoms with Gasteiger partial charge in [-0.05, 0) is 19.3 Å². The Kier molecular flexibility index (Phi) is 3.96. The van der Waals surface area contributed by atoms with Crippen molar-refractivity contribution in [2.24, 2.45) is 7.05 Å². The highest BCUT2D eigenvalue weighted by molar-refractivity contribution is 7.99. The molecule has 116 valence electrons. The number of hydrogen-bond donors (Lipinski definition) is 1. The van der Waals surface area contributed by atoms with E-state index in [-0.39, 0.29) is 23.3 Å². The number of carbonyl (C=O) groups excluding carboxylic acids is 1. The predicted molar refractivity (Wildman–Crippen MR) is 78.9 cm³/mol. The first kappa shape index (κ1) is 14.8. The van der Waals surface area contributed by atoms with Crippen molar-refractivity contribution >= 4 is 27.5 Å². The molecule has 21 heavy (non-hydrogen) atoms. The van der Waals surface area contributed by atoms with Crippen LogP contribution in [0.4, 0.5) is 0 Å². The van der Waals surface area contributed by atoms with E-state index in [0.29, 0.717) is 29.2 Å². The molecule has 1 aromatic heterocycles. The van der Waals surface area contributed by atoms with Gasteiger partial charge in [0.25, 0.3) is 0 Å². The van der Waals surface area contributed by atoms with E-state index in [1.807, 2.05) is 7.05 Å². The highest BCUT2D eigenvalue weighted by Crippen LogP contribution is 2.29. The summed E-state index contributed by atoms with van der Waals surface area (Å²) in [6.45, 7) is 0. The maximum atomic E-state index is 11.7. The third-order valence-electron chi connectivity index (χ3n) is 3.74. The van der Waals surface area contributed by atoms with Gasteiger partial charge < -0.3 is 9.88 Å². The molecule has 1 saturated heterocycles. The summed E-state index contributed by atoms with van der Waals surface area (Å²) in [6, 6.07) is 0.358. The molecule has 1 atom stereocenters. The van der Waals surface area contributed by atoms with Gasteiger partial charge in [0.15, 0.2) is 15.0 Å². The molecular formula is C12H18N4O3S2. The monoisotopic (exact) mass is 330 g/mol. The van der Waals surface area contributed by atoms with Gasteiger partial charge in [0, 0.05) is 19.0 Å². The summed E-state index contributed by atoms with van der Waals surface area (Å²) in [5.41, 5.74) is 0. The smallest absolute Gasteiger partial charge is 0.230 e. The Labute approximate surface area is 127 Å². The summed E-state index contributed by atoms with van der Waals surface area (Å²) in [5, 5.41) is 11.8. The van der Waals surface area contributed by atoms with Gasteiger partial charge in [0.2, 0.25) is 5.91 Å². The lowest BCUT2D eigenvalue weighted by Crippen LogP contribution is -2.27. The van der Waals surface area contributed by atoms with Gasteiger partial charge in [-0.25, -0.2) is 8.42 Å². The lowest BCUT2D eigenvalue weighted by Gasteiger charge is -2.08. The first-order valence-corrected chi connectivity index (χ1v) is 9.77. The van der Waals surface area contributed by atoms with Gasteiger partial charge in [0.1, 0.15) is 5.82 Å². The number of amides is 1. The minimum atomic E-state index is -2.94. The van der Waals surface area contributed by atoms with Crippen molar-refractivity contribution in [3.05, 3.63) is 5.82 Å². The first-order chi connectivity index (χ1) is 9.94. The van der Waals surface area contributed by atoms with Crippen LogP contribution in [0.1, 0.15) is 31.0 Å². The number of hydrogen-bond acceptors (Lipinski definition) is 6. The second-order valence-electron chi connectivity index (χ2n) is 5.63. The van der Waals surface area contributed by atoms with Gasteiger partial charge in [-0.2, -0.15) is 0 Å². The summed E-state index contributed by atoms with van der Waals surface area (Å²) in [6.07, 6.45) is 2.74. The van der Waals surface area contributed by atoms with Gasteiger partial charge in [0.05, 0.1) is 17.3 Å². The Bertz CT molecular complexity index is 651. The molecule has 2 aliphatic rings. The Morgan fingerprint density at radius 2 is 2.14 bits per heavy atom. The highest BCUT2D eigenvalue weighted by atomic mass is 32.2. The number of carbonyl (C=O) groups is 1. The molecule has 1 aliphatic carbocycles. The summed E-state index contributed by atoms with van der Waals surface area (Å²) in [4.78, 5) is 11.7. The van der Waals surface area contributed by atoms with Gasteiger partial charge >= 0.3 is 0 Å².